The molecule has 0 N–H and O–H groups in total. The second kappa shape index (κ2) is 2.96. The van der Waals surface area contributed by atoms with Crippen molar-refractivity contribution in [3.63, 3.8) is 0 Å². The number of hydrogen-bond donors (Lipinski definition) is 0. The Labute approximate surface area is 82.9 Å². The number of fused-ring (bicyclic) bond motifs is 1. The largest absolute Gasteiger partial charge is 0.431 e. The zero-order valence-corrected chi connectivity index (χ0v) is 8.46. The van der Waals surface area contributed by atoms with Crippen LogP contribution in [-0.2, 0) is 0 Å². The molecule has 3 nitrogen and oxygen atoms in total. The fraction of sp³-hybridized carbons (Fsp3) is 0.111. The first-order valence-electron chi connectivity index (χ1n) is 3.74. The number of carbonyl (C=O) groups excluding carboxylic acids is 1. The van der Waals surface area contributed by atoms with Crippen LogP contribution in [0.25, 0.3) is 11.1 Å². The van der Waals surface area contributed by atoms with Crippen molar-refractivity contribution in [2.45, 2.75) is 6.92 Å². The van der Waals surface area contributed by atoms with E-state index in [0.717, 1.165) is 5.52 Å². The van der Waals surface area contributed by atoms with Crippen molar-refractivity contribution < 1.29 is 9.21 Å². The quantitative estimate of drug-likeness (QED) is 0.719. The minimum Gasteiger partial charge on any atom is -0.431 e. The summed E-state index contributed by atoms with van der Waals surface area (Å²) in [6, 6.07) is 5.19. The van der Waals surface area contributed by atoms with E-state index >= 15 is 0 Å². The fourth-order valence-electron chi connectivity index (χ4n) is 1.12. The van der Waals surface area contributed by atoms with E-state index in [2.05, 4.69) is 20.9 Å². The summed E-state index contributed by atoms with van der Waals surface area (Å²) in [4.78, 5) is 15.5. The molecular formula is C9H6BrNO2. The maximum atomic E-state index is 11.0. The number of carbonyl (C=O) groups is 1. The summed E-state index contributed by atoms with van der Waals surface area (Å²) in [5.41, 5.74) is 2.01. The molecule has 0 aliphatic rings. The van der Waals surface area contributed by atoms with Gasteiger partial charge in [-0.2, -0.15) is 0 Å². The molecule has 0 bridgehead atoms. The minimum absolute atomic E-state index is 0.0226. The zero-order valence-electron chi connectivity index (χ0n) is 6.87. The normalized spacial score (nSPS) is 10.6. The molecule has 0 atom stereocenters. The monoisotopic (exact) mass is 239 g/mol. The van der Waals surface area contributed by atoms with E-state index in [-0.39, 0.29) is 5.78 Å². The first-order chi connectivity index (χ1) is 6.16. The van der Waals surface area contributed by atoms with Gasteiger partial charge in [-0.15, -0.1) is 0 Å². The molecule has 4 heteroatoms. The fourth-order valence-corrected chi connectivity index (χ4v) is 1.48. The summed E-state index contributed by atoms with van der Waals surface area (Å²) in [6.45, 7) is 1.52. The van der Waals surface area contributed by atoms with Crippen LogP contribution < -0.4 is 0 Å². The Morgan fingerprint density at radius 3 is 3.00 bits per heavy atom. The first kappa shape index (κ1) is 8.44. The average Bonchev–Trinajstić information content (AvgIpc) is 2.42. The smallest absolute Gasteiger partial charge is 0.265 e. The zero-order chi connectivity index (χ0) is 9.42. The van der Waals surface area contributed by atoms with Crippen LogP contribution in [0.5, 0.6) is 0 Å². The molecule has 0 radical (unpaired) electrons. The minimum atomic E-state index is 0.0226. The Morgan fingerprint density at radius 2 is 2.31 bits per heavy atom. The van der Waals surface area contributed by atoms with E-state index in [0.29, 0.717) is 15.9 Å². The Bertz CT molecular complexity index is 475. The molecule has 1 aromatic heterocycles. The molecule has 0 aliphatic carbocycles. The Hall–Kier alpha value is -1.16. The summed E-state index contributed by atoms with van der Waals surface area (Å²) >= 11 is 3.12. The van der Waals surface area contributed by atoms with Gasteiger partial charge in [-0.1, -0.05) is 0 Å². The third-order valence-electron chi connectivity index (χ3n) is 1.77. The van der Waals surface area contributed by atoms with Gasteiger partial charge in [0, 0.05) is 21.5 Å². The van der Waals surface area contributed by atoms with Crippen LogP contribution >= 0.6 is 15.9 Å². The third kappa shape index (κ3) is 1.49. The maximum absolute atomic E-state index is 11.0. The lowest BCUT2D eigenvalue weighted by molar-refractivity contribution is 0.101. The highest BCUT2D eigenvalue weighted by Crippen LogP contribution is 2.20. The van der Waals surface area contributed by atoms with E-state index in [4.69, 9.17) is 4.42 Å². The van der Waals surface area contributed by atoms with Crippen LogP contribution in [0, 0.1) is 0 Å². The highest BCUT2D eigenvalue weighted by molar-refractivity contribution is 9.10. The SMILES string of the molecule is CC(=O)c1ccc2nc(Br)oc2c1. The van der Waals surface area contributed by atoms with Crippen LogP contribution in [0.1, 0.15) is 17.3 Å². The van der Waals surface area contributed by atoms with Crippen molar-refractivity contribution in [2.24, 2.45) is 0 Å². The molecule has 66 valence electrons. The number of halogens is 1. The van der Waals surface area contributed by atoms with Crippen molar-refractivity contribution in [1.29, 1.82) is 0 Å². The maximum Gasteiger partial charge on any atom is 0.265 e. The summed E-state index contributed by atoms with van der Waals surface area (Å²) in [5.74, 6) is 0.0226. The van der Waals surface area contributed by atoms with Crippen molar-refractivity contribution in [1.82, 2.24) is 4.98 Å². The van der Waals surface area contributed by atoms with Gasteiger partial charge >= 0.3 is 0 Å². The number of nitrogens with zero attached hydrogens (tertiary/aromatic N) is 1. The highest BCUT2D eigenvalue weighted by Gasteiger charge is 2.05. The lowest BCUT2D eigenvalue weighted by atomic mass is 10.1. The molecule has 0 aliphatic heterocycles. The Morgan fingerprint density at radius 1 is 1.54 bits per heavy atom. The molecule has 0 amide bonds. The summed E-state index contributed by atoms with van der Waals surface area (Å²) < 4.78 is 5.21. The predicted octanol–water partition coefficient (Wildman–Crippen LogP) is 2.79. The highest BCUT2D eigenvalue weighted by atomic mass is 79.9. The summed E-state index contributed by atoms with van der Waals surface area (Å²) in [7, 11) is 0. The number of aromatic nitrogens is 1. The van der Waals surface area contributed by atoms with Crippen molar-refractivity contribution in [3.8, 4) is 0 Å². The summed E-state index contributed by atoms with van der Waals surface area (Å²) in [6.07, 6.45) is 0. The molecule has 0 unspecified atom stereocenters. The van der Waals surface area contributed by atoms with Crippen LogP contribution in [0.3, 0.4) is 0 Å². The van der Waals surface area contributed by atoms with Gasteiger partial charge in [-0.25, -0.2) is 4.98 Å². The molecular weight excluding hydrogens is 234 g/mol. The summed E-state index contributed by atoms with van der Waals surface area (Å²) in [5, 5.41) is 0. The molecule has 1 heterocycles. The third-order valence-corrected chi connectivity index (χ3v) is 2.11. The molecule has 0 spiro atoms. The molecule has 0 saturated heterocycles. The Kier molecular flexibility index (Phi) is 1.92. The predicted molar refractivity (Wildman–Crippen MR) is 51.7 cm³/mol. The van der Waals surface area contributed by atoms with Crippen LogP contribution in [0.15, 0.2) is 27.4 Å². The molecule has 2 aromatic rings. The van der Waals surface area contributed by atoms with Crippen molar-refractivity contribution in [3.05, 3.63) is 28.6 Å². The lowest BCUT2D eigenvalue weighted by Crippen LogP contribution is -1.89. The number of Topliss-reactive ketones (excluding diaryl/α,β-unsaturated/α-hetero) is 1. The molecule has 0 fully saturated rings. The molecule has 13 heavy (non-hydrogen) atoms. The van der Waals surface area contributed by atoms with Gasteiger partial charge in [0.05, 0.1) is 0 Å². The number of oxazole rings is 1. The van der Waals surface area contributed by atoms with Gasteiger partial charge in [0.15, 0.2) is 11.4 Å². The number of hydrogen-bond acceptors (Lipinski definition) is 3. The number of rotatable bonds is 1. The van der Waals surface area contributed by atoms with E-state index in [1.54, 1.807) is 18.2 Å². The Balaban J connectivity index is 2.67. The number of ketones is 1. The van der Waals surface area contributed by atoms with Gasteiger partial charge in [-0.05, 0) is 25.1 Å². The van der Waals surface area contributed by atoms with Gasteiger partial charge in [0.25, 0.3) is 4.80 Å². The van der Waals surface area contributed by atoms with E-state index < -0.39 is 0 Å². The van der Waals surface area contributed by atoms with Gasteiger partial charge in [0.2, 0.25) is 0 Å². The van der Waals surface area contributed by atoms with Gasteiger partial charge in [-0.3, -0.25) is 4.79 Å². The van der Waals surface area contributed by atoms with Crippen LogP contribution in [-0.4, -0.2) is 10.8 Å². The first-order valence-corrected chi connectivity index (χ1v) is 4.53. The average molecular weight is 240 g/mol. The second-order valence-electron chi connectivity index (χ2n) is 2.71. The van der Waals surface area contributed by atoms with E-state index in [1.807, 2.05) is 0 Å². The van der Waals surface area contributed by atoms with E-state index in [1.165, 1.54) is 6.92 Å². The number of benzene rings is 1. The standard InChI is InChI=1S/C9H6BrNO2/c1-5(12)6-2-3-7-8(4-6)13-9(10)11-7/h2-4H,1H3. The van der Waals surface area contributed by atoms with Gasteiger partial charge in [0.1, 0.15) is 5.52 Å². The molecule has 0 saturated carbocycles. The molecule has 2 rings (SSSR count). The van der Waals surface area contributed by atoms with Gasteiger partial charge < -0.3 is 4.42 Å². The van der Waals surface area contributed by atoms with Crippen molar-refractivity contribution >= 4 is 32.8 Å². The van der Waals surface area contributed by atoms with E-state index in [9.17, 15) is 4.79 Å². The topological polar surface area (TPSA) is 43.1 Å². The second-order valence-corrected chi connectivity index (χ2v) is 3.38. The molecule has 1 aromatic carbocycles. The van der Waals surface area contributed by atoms with Crippen LogP contribution in [0.4, 0.5) is 0 Å². The van der Waals surface area contributed by atoms with Crippen LogP contribution in [0.2, 0.25) is 0 Å². The van der Waals surface area contributed by atoms with Crippen molar-refractivity contribution in [2.75, 3.05) is 0 Å². The lowest BCUT2D eigenvalue weighted by Gasteiger charge is -1.92.